The Labute approximate surface area is 129 Å². The topological polar surface area (TPSA) is 61.9 Å². The van der Waals surface area contributed by atoms with Crippen molar-refractivity contribution in [3.63, 3.8) is 0 Å². The van der Waals surface area contributed by atoms with E-state index in [4.69, 9.17) is 16.3 Å². The van der Waals surface area contributed by atoms with E-state index in [0.29, 0.717) is 23.8 Å². The molecule has 1 aromatic rings. The molecule has 7 heteroatoms. The van der Waals surface area contributed by atoms with Gasteiger partial charge in [0.15, 0.2) is 0 Å². The third kappa shape index (κ3) is 4.82. The summed E-state index contributed by atoms with van der Waals surface area (Å²) in [6.45, 7) is 6.68. The Hall–Kier alpha value is -1.95. The number of hydrazine groups is 1. The maximum Gasteiger partial charge on any atom is 0.426 e. The molecule has 1 aromatic carbocycles. The molecular formula is C14H20ClN3O3. The second-order valence-corrected chi connectivity index (χ2v) is 4.54. The highest BCUT2D eigenvalue weighted by atomic mass is 35.5. The van der Waals surface area contributed by atoms with E-state index < -0.39 is 6.09 Å². The molecule has 0 atom stereocenters. The summed E-state index contributed by atoms with van der Waals surface area (Å²) >= 11 is 5.94. The van der Waals surface area contributed by atoms with E-state index in [9.17, 15) is 9.59 Å². The predicted octanol–water partition coefficient (Wildman–Crippen LogP) is 3.27. The summed E-state index contributed by atoms with van der Waals surface area (Å²) in [6.07, 6.45) is -0.696. The second kappa shape index (κ2) is 8.36. The summed E-state index contributed by atoms with van der Waals surface area (Å²) in [5.74, 6) is 0. The van der Waals surface area contributed by atoms with Crippen LogP contribution in [0.1, 0.15) is 20.8 Å². The van der Waals surface area contributed by atoms with Gasteiger partial charge in [-0.25, -0.2) is 15.0 Å². The molecule has 6 nitrogen and oxygen atoms in total. The number of benzene rings is 1. The number of ether oxygens (including phenoxy) is 1. The lowest BCUT2D eigenvalue weighted by atomic mass is 10.3. The lowest BCUT2D eigenvalue weighted by molar-refractivity contribution is 0.149. The number of nitrogens with one attached hydrogen (secondary N) is 1. The number of urea groups is 1. The molecule has 0 unspecified atom stereocenters. The zero-order valence-corrected chi connectivity index (χ0v) is 13.2. The molecule has 3 amide bonds. The smallest absolute Gasteiger partial charge is 0.426 e. The Bertz CT molecular complexity index is 492. The number of halogens is 1. The maximum absolute atomic E-state index is 12.5. The van der Waals surface area contributed by atoms with Crippen LogP contribution in [0.2, 0.25) is 5.02 Å². The SMILES string of the molecule is CCOC(=O)NN(C(=O)N(CC)CC)c1cccc(Cl)c1. The van der Waals surface area contributed by atoms with E-state index in [1.54, 1.807) is 36.1 Å². The van der Waals surface area contributed by atoms with E-state index in [-0.39, 0.29) is 12.6 Å². The first kappa shape index (κ1) is 17.1. The van der Waals surface area contributed by atoms with Crippen molar-refractivity contribution in [1.82, 2.24) is 10.3 Å². The van der Waals surface area contributed by atoms with Crippen molar-refractivity contribution >= 4 is 29.4 Å². The Morgan fingerprint density at radius 3 is 2.43 bits per heavy atom. The molecule has 0 heterocycles. The fraction of sp³-hybridized carbons (Fsp3) is 0.429. The van der Waals surface area contributed by atoms with Crippen molar-refractivity contribution in [3.8, 4) is 0 Å². The maximum atomic E-state index is 12.5. The van der Waals surface area contributed by atoms with Crippen LogP contribution >= 0.6 is 11.6 Å². The molecule has 0 saturated carbocycles. The minimum Gasteiger partial charge on any atom is -0.449 e. The lowest BCUT2D eigenvalue weighted by Crippen LogP contribution is -2.52. The van der Waals surface area contributed by atoms with Crippen LogP contribution < -0.4 is 10.4 Å². The van der Waals surface area contributed by atoms with Gasteiger partial charge in [-0.15, -0.1) is 0 Å². The molecule has 0 spiro atoms. The van der Waals surface area contributed by atoms with Gasteiger partial charge >= 0.3 is 12.1 Å². The molecule has 0 saturated heterocycles. The van der Waals surface area contributed by atoms with Crippen molar-refractivity contribution in [2.45, 2.75) is 20.8 Å². The van der Waals surface area contributed by atoms with Gasteiger partial charge in [-0.2, -0.15) is 5.01 Å². The molecule has 0 aromatic heterocycles. The number of hydrogen-bond donors (Lipinski definition) is 1. The van der Waals surface area contributed by atoms with Crippen LogP contribution in [0.25, 0.3) is 0 Å². The van der Waals surface area contributed by atoms with E-state index in [0.717, 1.165) is 5.01 Å². The van der Waals surface area contributed by atoms with Gasteiger partial charge in [-0.3, -0.25) is 0 Å². The van der Waals surface area contributed by atoms with E-state index in [1.165, 1.54) is 0 Å². The number of nitrogens with zero attached hydrogens (tertiary/aromatic N) is 2. The lowest BCUT2D eigenvalue weighted by Gasteiger charge is -2.29. The first-order chi connectivity index (χ1) is 10.0. The monoisotopic (exact) mass is 313 g/mol. The predicted molar refractivity (Wildman–Crippen MR) is 82.4 cm³/mol. The molecule has 0 aliphatic rings. The third-order valence-corrected chi connectivity index (χ3v) is 3.01. The van der Waals surface area contributed by atoms with Gasteiger partial charge in [-0.1, -0.05) is 17.7 Å². The Kier molecular flexibility index (Phi) is 6.81. The zero-order valence-electron chi connectivity index (χ0n) is 12.4. The molecule has 116 valence electrons. The average Bonchev–Trinajstić information content (AvgIpc) is 2.46. The largest absolute Gasteiger partial charge is 0.449 e. The quantitative estimate of drug-likeness (QED) is 0.868. The van der Waals surface area contributed by atoms with Crippen LogP contribution in [0, 0.1) is 0 Å². The van der Waals surface area contributed by atoms with Gasteiger partial charge < -0.3 is 9.64 Å². The summed E-state index contributed by atoms with van der Waals surface area (Å²) in [5, 5.41) is 1.60. The summed E-state index contributed by atoms with van der Waals surface area (Å²) < 4.78 is 4.83. The Morgan fingerprint density at radius 1 is 1.24 bits per heavy atom. The van der Waals surface area contributed by atoms with Crippen molar-refractivity contribution in [2.24, 2.45) is 0 Å². The molecule has 1 N–H and O–H groups in total. The Morgan fingerprint density at radius 2 is 1.90 bits per heavy atom. The third-order valence-electron chi connectivity index (χ3n) is 2.77. The van der Waals surface area contributed by atoms with Gasteiger partial charge in [0, 0.05) is 18.1 Å². The highest BCUT2D eigenvalue weighted by Gasteiger charge is 2.23. The number of hydrogen-bond acceptors (Lipinski definition) is 3. The number of carbonyl (C=O) groups excluding carboxylic acids is 2. The fourth-order valence-electron chi connectivity index (χ4n) is 1.73. The number of rotatable bonds is 4. The summed E-state index contributed by atoms with van der Waals surface area (Å²) in [6, 6.07) is 6.31. The summed E-state index contributed by atoms with van der Waals surface area (Å²) in [4.78, 5) is 25.7. The van der Waals surface area contributed by atoms with Crippen LogP contribution in [0.3, 0.4) is 0 Å². The molecule has 1 rings (SSSR count). The van der Waals surface area contributed by atoms with Crippen LogP contribution in [-0.4, -0.2) is 36.7 Å². The number of carbonyl (C=O) groups is 2. The van der Waals surface area contributed by atoms with Crippen LogP contribution in [0.15, 0.2) is 24.3 Å². The molecule has 0 aliphatic heterocycles. The van der Waals surface area contributed by atoms with E-state index in [2.05, 4.69) is 5.43 Å². The summed E-state index contributed by atoms with van der Waals surface area (Å²) in [7, 11) is 0. The Balaban J connectivity index is 3.04. The number of anilines is 1. The average molecular weight is 314 g/mol. The van der Waals surface area contributed by atoms with Crippen molar-refractivity contribution in [2.75, 3.05) is 24.7 Å². The highest BCUT2D eigenvalue weighted by Crippen LogP contribution is 2.19. The van der Waals surface area contributed by atoms with Gasteiger partial charge in [0.1, 0.15) is 0 Å². The molecule has 0 radical (unpaired) electrons. The van der Waals surface area contributed by atoms with Crippen molar-refractivity contribution in [3.05, 3.63) is 29.3 Å². The first-order valence-electron chi connectivity index (χ1n) is 6.81. The van der Waals surface area contributed by atoms with Crippen molar-refractivity contribution < 1.29 is 14.3 Å². The van der Waals surface area contributed by atoms with Crippen molar-refractivity contribution in [1.29, 1.82) is 0 Å². The molecule has 21 heavy (non-hydrogen) atoms. The van der Waals surface area contributed by atoms with E-state index in [1.807, 2.05) is 13.8 Å². The minimum atomic E-state index is -0.696. The fourth-order valence-corrected chi connectivity index (χ4v) is 1.91. The zero-order chi connectivity index (χ0) is 15.8. The standard InChI is InChI=1S/C14H20ClN3O3/c1-4-17(5-2)14(20)18(16-13(19)21-6-3)12-9-7-8-11(15)10-12/h7-10H,4-6H2,1-3H3,(H,16,19). The normalized spacial score (nSPS) is 9.90. The van der Waals surface area contributed by atoms with Crippen LogP contribution in [0.5, 0.6) is 0 Å². The van der Waals surface area contributed by atoms with Gasteiger partial charge in [0.25, 0.3) is 0 Å². The molecule has 0 fully saturated rings. The van der Waals surface area contributed by atoms with Crippen LogP contribution in [0.4, 0.5) is 15.3 Å². The summed E-state index contributed by atoms with van der Waals surface area (Å²) in [5.41, 5.74) is 2.90. The van der Waals surface area contributed by atoms with Crippen LogP contribution in [-0.2, 0) is 4.74 Å². The highest BCUT2D eigenvalue weighted by molar-refractivity contribution is 6.30. The minimum absolute atomic E-state index is 0.217. The molecule has 0 bridgehead atoms. The molecule has 0 aliphatic carbocycles. The first-order valence-corrected chi connectivity index (χ1v) is 7.19. The number of amides is 3. The molecular weight excluding hydrogens is 294 g/mol. The van der Waals surface area contributed by atoms with E-state index >= 15 is 0 Å². The van der Waals surface area contributed by atoms with Gasteiger partial charge in [0.2, 0.25) is 0 Å². The second-order valence-electron chi connectivity index (χ2n) is 4.10. The van der Waals surface area contributed by atoms with Gasteiger partial charge in [-0.05, 0) is 39.0 Å². The van der Waals surface area contributed by atoms with Gasteiger partial charge in [0.05, 0.1) is 12.3 Å².